The van der Waals surface area contributed by atoms with Crippen molar-refractivity contribution in [3.63, 3.8) is 0 Å². The van der Waals surface area contributed by atoms with Gasteiger partial charge in [0.05, 0.1) is 5.69 Å². The molecule has 1 unspecified atom stereocenters. The summed E-state index contributed by atoms with van der Waals surface area (Å²) in [7, 11) is 0. The Hall–Kier alpha value is -1.69. The third kappa shape index (κ3) is 2.84. The van der Waals surface area contributed by atoms with Gasteiger partial charge in [0.25, 0.3) is 0 Å². The van der Waals surface area contributed by atoms with E-state index in [-0.39, 0.29) is 4.99 Å². The fraction of sp³-hybridized carbons (Fsp3) is 0.385. The first kappa shape index (κ1) is 13.7. The summed E-state index contributed by atoms with van der Waals surface area (Å²) in [4.78, 5) is 13.3. The van der Waals surface area contributed by atoms with Crippen LogP contribution in [0.25, 0.3) is 0 Å². The lowest BCUT2D eigenvalue weighted by molar-refractivity contribution is -0.119. The molecule has 0 saturated carbocycles. The summed E-state index contributed by atoms with van der Waals surface area (Å²) >= 11 is 4.81. The zero-order valence-corrected chi connectivity index (χ0v) is 11.3. The molecule has 1 heterocycles. The van der Waals surface area contributed by atoms with Gasteiger partial charge in [-0.3, -0.25) is 4.79 Å². The number of hydrogen-bond acceptors (Lipinski definition) is 3. The van der Waals surface area contributed by atoms with Crippen molar-refractivity contribution in [1.29, 1.82) is 0 Å². The number of hydrogen-bond donors (Lipinski definition) is 2. The molecule has 1 aromatic rings. The maximum Gasteiger partial charge on any atom is 0.240 e. The Labute approximate surface area is 116 Å². The van der Waals surface area contributed by atoms with Gasteiger partial charge in [-0.05, 0) is 37.5 Å². The van der Waals surface area contributed by atoms with Crippen molar-refractivity contribution in [3.05, 3.63) is 29.6 Å². The quantitative estimate of drug-likeness (QED) is 0.819. The minimum atomic E-state index is -0.445. The predicted octanol–water partition coefficient (Wildman–Crippen LogP) is 1.30. The van der Waals surface area contributed by atoms with Crippen LogP contribution in [0.15, 0.2) is 18.2 Å². The number of thiocarbonyl (C=S) groups is 1. The zero-order chi connectivity index (χ0) is 14.0. The fourth-order valence-electron chi connectivity index (χ4n) is 2.41. The molecule has 6 heteroatoms. The summed E-state index contributed by atoms with van der Waals surface area (Å²) in [6.45, 7) is 0.622. The maximum atomic E-state index is 14.1. The Kier molecular flexibility index (Phi) is 3.99. The number of benzene rings is 1. The zero-order valence-electron chi connectivity index (χ0n) is 10.4. The van der Waals surface area contributed by atoms with E-state index in [1.807, 2.05) is 0 Å². The largest absolute Gasteiger partial charge is 0.389 e. The van der Waals surface area contributed by atoms with Crippen molar-refractivity contribution in [1.82, 2.24) is 0 Å². The molecular weight excluding hydrogens is 265 g/mol. The summed E-state index contributed by atoms with van der Waals surface area (Å²) < 4.78 is 14.1. The number of carbonyl (C=O) groups excluding carboxylic acids is 1. The van der Waals surface area contributed by atoms with Crippen molar-refractivity contribution >= 4 is 28.8 Å². The van der Waals surface area contributed by atoms with Gasteiger partial charge in [-0.1, -0.05) is 12.2 Å². The Morgan fingerprint density at radius 3 is 2.68 bits per heavy atom. The van der Waals surface area contributed by atoms with Crippen molar-refractivity contribution in [2.45, 2.75) is 25.3 Å². The molecule has 0 radical (unpaired) electrons. The lowest BCUT2D eigenvalue weighted by Crippen LogP contribution is -2.48. The lowest BCUT2D eigenvalue weighted by Gasteiger charge is -2.35. The van der Waals surface area contributed by atoms with Crippen LogP contribution >= 0.6 is 12.2 Å². The second kappa shape index (κ2) is 5.52. The van der Waals surface area contributed by atoms with E-state index in [0.717, 1.165) is 12.8 Å². The van der Waals surface area contributed by atoms with E-state index < -0.39 is 17.8 Å². The minimum Gasteiger partial charge on any atom is -0.389 e. The number of piperidine rings is 1. The molecule has 1 aliphatic heterocycles. The third-order valence-electron chi connectivity index (χ3n) is 3.37. The number of anilines is 1. The van der Waals surface area contributed by atoms with Gasteiger partial charge in [0.1, 0.15) is 16.8 Å². The Morgan fingerprint density at radius 1 is 1.37 bits per heavy atom. The number of nitrogens with two attached hydrogens (primary N) is 2. The van der Waals surface area contributed by atoms with Gasteiger partial charge in [0, 0.05) is 12.1 Å². The van der Waals surface area contributed by atoms with Gasteiger partial charge >= 0.3 is 0 Å². The highest BCUT2D eigenvalue weighted by Gasteiger charge is 2.28. The van der Waals surface area contributed by atoms with E-state index in [1.54, 1.807) is 17.0 Å². The van der Waals surface area contributed by atoms with E-state index in [0.29, 0.717) is 24.2 Å². The van der Waals surface area contributed by atoms with Crippen LogP contribution in [-0.4, -0.2) is 23.5 Å². The number of halogens is 1. The number of primary amides is 1. The van der Waals surface area contributed by atoms with E-state index >= 15 is 0 Å². The summed E-state index contributed by atoms with van der Waals surface area (Å²) in [6.07, 6.45) is 2.50. The highest BCUT2D eigenvalue weighted by molar-refractivity contribution is 7.80. The second-order valence-electron chi connectivity index (χ2n) is 4.64. The van der Waals surface area contributed by atoms with Gasteiger partial charge in [-0.15, -0.1) is 0 Å². The van der Waals surface area contributed by atoms with Crippen LogP contribution in [0.4, 0.5) is 10.1 Å². The molecule has 102 valence electrons. The molecule has 2 rings (SSSR count). The van der Waals surface area contributed by atoms with Crippen LogP contribution in [-0.2, 0) is 4.79 Å². The molecule has 0 aliphatic carbocycles. The van der Waals surface area contributed by atoms with Crippen LogP contribution in [0.1, 0.15) is 24.8 Å². The van der Waals surface area contributed by atoms with Crippen molar-refractivity contribution in [3.8, 4) is 0 Å². The number of rotatable bonds is 3. The summed E-state index contributed by atoms with van der Waals surface area (Å²) in [5.41, 5.74) is 11.7. The van der Waals surface area contributed by atoms with Gasteiger partial charge in [-0.2, -0.15) is 0 Å². The van der Waals surface area contributed by atoms with Crippen LogP contribution in [0.5, 0.6) is 0 Å². The lowest BCUT2D eigenvalue weighted by atomic mass is 10.00. The van der Waals surface area contributed by atoms with Gasteiger partial charge in [0.15, 0.2) is 0 Å². The molecule has 19 heavy (non-hydrogen) atoms. The molecule has 4 N–H and O–H groups in total. The fourth-order valence-corrected chi connectivity index (χ4v) is 2.54. The Bertz CT molecular complexity index is 521. The molecule has 0 bridgehead atoms. The van der Waals surface area contributed by atoms with Crippen molar-refractivity contribution in [2.75, 3.05) is 11.4 Å². The summed E-state index contributed by atoms with van der Waals surface area (Å²) in [6, 6.07) is 4.11. The predicted molar refractivity (Wildman–Crippen MR) is 76.5 cm³/mol. The number of carbonyl (C=O) groups is 1. The van der Waals surface area contributed by atoms with Gasteiger partial charge < -0.3 is 16.4 Å². The number of amides is 1. The standard InChI is InChI=1S/C13H16FN3OS/c14-9-7-8(13(16)19)4-5-10(9)17-6-2-1-3-11(17)12(15)18/h4-5,7,11H,1-3,6H2,(H2,15,18)(H2,16,19). The summed E-state index contributed by atoms with van der Waals surface area (Å²) in [5.74, 6) is -0.851. The average Bonchev–Trinajstić information content (AvgIpc) is 2.38. The summed E-state index contributed by atoms with van der Waals surface area (Å²) in [5, 5.41) is 0. The van der Waals surface area contributed by atoms with E-state index in [1.165, 1.54) is 6.07 Å². The SMILES string of the molecule is NC(=O)C1CCCCN1c1ccc(C(N)=S)cc1F. The molecule has 0 aromatic heterocycles. The monoisotopic (exact) mass is 281 g/mol. The first-order valence-corrected chi connectivity index (χ1v) is 6.57. The highest BCUT2D eigenvalue weighted by atomic mass is 32.1. The average molecular weight is 281 g/mol. The molecular formula is C13H16FN3OS. The number of nitrogens with zero attached hydrogens (tertiary/aromatic N) is 1. The third-order valence-corrected chi connectivity index (χ3v) is 3.61. The van der Waals surface area contributed by atoms with Gasteiger partial charge in [-0.25, -0.2) is 4.39 Å². The van der Waals surface area contributed by atoms with Crippen LogP contribution in [0, 0.1) is 5.82 Å². The first-order valence-electron chi connectivity index (χ1n) is 6.16. The van der Waals surface area contributed by atoms with Crippen LogP contribution in [0.3, 0.4) is 0 Å². The van der Waals surface area contributed by atoms with Crippen LogP contribution < -0.4 is 16.4 Å². The normalized spacial score (nSPS) is 19.2. The van der Waals surface area contributed by atoms with E-state index in [2.05, 4.69) is 0 Å². The molecule has 1 atom stereocenters. The first-order chi connectivity index (χ1) is 9.00. The smallest absolute Gasteiger partial charge is 0.240 e. The van der Waals surface area contributed by atoms with Crippen LogP contribution in [0.2, 0.25) is 0 Å². The minimum absolute atomic E-state index is 0.149. The van der Waals surface area contributed by atoms with E-state index in [9.17, 15) is 9.18 Å². The molecule has 1 fully saturated rings. The molecule has 1 aliphatic rings. The van der Waals surface area contributed by atoms with Crippen molar-refractivity contribution in [2.24, 2.45) is 11.5 Å². The van der Waals surface area contributed by atoms with Gasteiger partial charge in [0.2, 0.25) is 5.91 Å². The second-order valence-corrected chi connectivity index (χ2v) is 5.08. The van der Waals surface area contributed by atoms with E-state index in [4.69, 9.17) is 23.7 Å². The molecule has 4 nitrogen and oxygen atoms in total. The maximum absolute atomic E-state index is 14.1. The molecule has 1 saturated heterocycles. The van der Waals surface area contributed by atoms with Crippen molar-refractivity contribution < 1.29 is 9.18 Å². The Morgan fingerprint density at radius 2 is 2.11 bits per heavy atom. The topological polar surface area (TPSA) is 72.4 Å². The molecule has 1 amide bonds. The molecule has 1 aromatic carbocycles. The highest BCUT2D eigenvalue weighted by Crippen LogP contribution is 2.27. The molecule has 0 spiro atoms. The Balaban J connectivity index is 2.34.